The van der Waals surface area contributed by atoms with Crippen molar-refractivity contribution in [3.8, 4) is 0 Å². The van der Waals surface area contributed by atoms with Crippen molar-refractivity contribution in [1.29, 1.82) is 0 Å². The molecule has 2 N–H and O–H groups in total. The molecule has 1 aromatic heterocycles. The fraction of sp³-hybridized carbons (Fsp3) is 0.714. The zero-order valence-corrected chi connectivity index (χ0v) is 12.0. The van der Waals surface area contributed by atoms with Crippen LogP contribution in [0.25, 0.3) is 0 Å². The van der Waals surface area contributed by atoms with Crippen molar-refractivity contribution in [1.82, 2.24) is 10.1 Å². The molecule has 0 amide bonds. The van der Waals surface area contributed by atoms with Gasteiger partial charge < -0.3 is 15.2 Å². The number of aryl methyl sites for hydroxylation is 2. The summed E-state index contributed by atoms with van der Waals surface area (Å²) in [6.45, 7) is 6.79. The molecule has 106 valence electrons. The smallest absolute Gasteiger partial charge is 0.191 e. The number of hydrogen-bond acceptors (Lipinski definition) is 3. The molecule has 2 rings (SSSR count). The molecular weight excluding hydrogens is 240 g/mol. The van der Waals surface area contributed by atoms with Gasteiger partial charge in [0.15, 0.2) is 5.96 Å². The van der Waals surface area contributed by atoms with E-state index in [1.165, 1.54) is 19.3 Å². The van der Waals surface area contributed by atoms with E-state index >= 15 is 0 Å². The van der Waals surface area contributed by atoms with Crippen LogP contribution in [0.1, 0.15) is 50.1 Å². The van der Waals surface area contributed by atoms with Crippen molar-refractivity contribution in [3.63, 3.8) is 0 Å². The van der Waals surface area contributed by atoms with E-state index in [0.717, 1.165) is 42.9 Å². The molecule has 0 radical (unpaired) electrons. The van der Waals surface area contributed by atoms with Crippen LogP contribution in [0, 0.1) is 0 Å². The summed E-state index contributed by atoms with van der Waals surface area (Å²) in [5.41, 5.74) is 8.20. The lowest BCUT2D eigenvalue weighted by atomic mass is 10.1. The number of nitrogens with zero attached hydrogens (tertiary/aromatic N) is 3. The number of likely N-dealkylation sites (tertiary alicyclic amines) is 1. The number of guanidine groups is 1. The molecule has 0 unspecified atom stereocenters. The first-order valence-corrected chi connectivity index (χ1v) is 7.27. The SMILES string of the molecule is CCc1noc(CC)c1CN=C(N)N1CCCCC1. The van der Waals surface area contributed by atoms with Crippen molar-refractivity contribution >= 4 is 5.96 Å². The zero-order valence-electron chi connectivity index (χ0n) is 12.0. The fourth-order valence-corrected chi connectivity index (χ4v) is 2.50. The van der Waals surface area contributed by atoms with E-state index < -0.39 is 0 Å². The van der Waals surface area contributed by atoms with Gasteiger partial charge in [0.1, 0.15) is 5.76 Å². The van der Waals surface area contributed by atoms with Crippen LogP contribution in [0.5, 0.6) is 0 Å². The van der Waals surface area contributed by atoms with Crippen LogP contribution in [0.15, 0.2) is 9.52 Å². The molecule has 1 aliphatic heterocycles. The van der Waals surface area contributed by atoms with Crippen LogP contribution in [0.4, 0.5) is 0 Å². The summed E-state index contributed by atoms with van der Waals surface area (Å²) in [5.74, 6) is 1.59. The minimum Gasteiger partial charge on any atom is -0.370 e. The van der Waals surface area contributed by atoms with Crippen LogP contribution in [-0.2, 0) is 19.4 Å². The lowest BCUT2D eigenvalue weighted by molar-refractivity contribution is 0.338. The predicted molar refractivity (Wildman–Crippen MR) is 76.0 cm³/mol. The van der Waals surface area contributed by atoms with Crippen LogP contribution < -0.4 is 5.73 Å². The summed E-state index contributed by atoms with van der Waals surface area (Å²) < 4.78 is 5.34. The van der Waals surface area contributed by atoms with Gasteiger partial charge in [-0.2, -0.15) is 0 Å². The summed E-state index contributed by atoms with van der Waals surface area (Å²) in [6.07, 6.45) is 5.45. The number of aromatic nitrogens is 1. The van der Waals surface area contributed by atoms with Crippen LogP contribution in [-0.4, -0.2) is 29.1 Å². The summed E-state index contributed by atoms with van der Waals surface area (Å²) in [6, 6.07) is 0. The van der Waals surface area contributed by atoms with E-state index in [1.807, 2.05) is 0 Å². The Kier molecular flexibility index (Phi) is 4.82. The van der Waals surface area contributed by atoms with Crippen molar-refractivity contribution in [2.75, 3.05) is 13.1 Å². The molecule has 0 aromatic carbocycles. The van der Waals surface area contributed by atoms with Gasteiger partial charge in [-0.1, -0.05) is 19.0 Å². The predicted octanol–water partition coefficient (Wildman–Crippen LogP) is 2.10. The number of piperidine rings is 1. The maximum atomic E-state index is 6.07. The molecule has 1 saturated heterocycles. The minimum atomic E-state index is 0.582. The third-order valence-corrected chi connectivity index (χ3v) is 3.69. The van der Waals surface area contributed by atoms with Crippen molar-refractivity contribution in [3.05, 3.63) is 17.0 Å². The van der Waals surface area contributed by atoms with Crippen molar-refractivity contribution < 1.29 is 4.52 Å². The van der Waals surface area contributed by atoms with Gasteiger partial charge >= 0.3 is 0 Å². The molecular formula is C14H24N4O. The third-order valence-electron chi connectivity index (χ3n) is 3.69. The normalized spacial score (nSPS) is 16.9. The Labute approximate surface area is 114 Å². The van der Waals surface area contributed by atoms with E-state index in [-0.39, 0.29) is 0 Å². The molecule has 0 atom stereocenters. The molecule has 19 heavy (non-hydrogen) atoms. The molecule has 1 aromatic rings. The van der Waals surface area contributed by atoms with Gasteiger partial charge in [-0.05, 0) is 25.7 Å². The highest BCUT2D eigenvalue weighted by Crippen LogP contribution is 2.17. The van der Waals surface area contributed by atoms with Crippen LogP contribution in [0.3, 0.4) is 0 Å². The van der Waals surface area contributed by atoms with E-state index in [4.69, 9.17) is 10.3 Å². The van der Waals surface area contributed by atoms with Gasteiger partial charge in [0.2, 0.25) is 0 Å². The molecule has 5 heteroatoms. The summed E-state index contributed by atoms with van der Waals surface area (Å²) >= 11 is 0. The molecule has 0 saturated carbocycles. The standard InChI is InChI=1S/C14H24N4O/c1-3-12-11(13(4-2)19-17-12)10-16-14(15)18-8-6-5-7-9-18/h3-10H2,1-2H3,(H2,15,16). The molecule has 0 aliphatic carbocycles. The second-order valence-corrected chi connectivity index (χ2v) is 4.96. The second kappa shape index (κ2) is 6.59. The summed E-state index contributed by atoms with van der Waals surface area (Å²) in [4.78, 5) is 6.70. The first-order valence-electron chi connectivity index (χ1n) is 7.27. The monoisotopic (exact) mass is 264 g/mol. The number of hydrogen-bond donors (Lipinski definition) is 1. The highest BCUT2D eigenvalue weighted by Gasteiger charge is 2.15. The molecule has 1 aliphatic rings. The lowest BCUT2D eigenvalue weighted by Gasteiger charge is -2.27. The Balaban J connectivity index is 2.05. The maximum Gasteiger partial charge on any atom is 0.191 e. The Bertz CT molecular complexity index is 411. The third kappa shape index (κ3) is 3.28. The molecule has 0 bridgehead atoms. The van der Waals surface area contributed by atoms with Gasteiger partial charge in [0.25, 0.3) is 0 Å². The highest BCUT2D eigenvalue weighted by atomic mass is 16.5. The number of rotatable bonds is 4. The summed E-state index contributed by atoms with van der Waals surface area (Å²) in [5, 5.41) is 4.10. The average Bonchev–Trinajstić information content (AvgIpc) is 2.87. The lowest BCUT2D eigenvalue weighted by Crippen LogP contribution is -2.40. The van der Waals surface area contributed by atoms with E-state index in [0.29, 0.717) is 12.5 Å². The Morgan fingerprint density at radius 3 is 2.63 bits per heavy atom. The van der Waals surface area contributed by atoms with Crippen molar-refractivity contribution in [2.45, 2.75) is 52.5 Å². The van der Waals surface area contributed by atoms with Gasteiger partial charge in [0.05, 0.1) is 12.2 Å². The minimum absolute atomic E-state index is 0.582. The quantitative estimate of drug-likeness (QED) is 0.668. The molecule has 0 spiro atoms. The first kappa shape index (κ1) is 13.9. The Hall–Kier alpha value is -1.52. The fourth-order valence-electron chi connectivity index (χ4n) is 2.50. The van der Waals surface area contributed by atoms with E-state index in [9.17, 15) is 0 Å². The largest absolute Gasteiger partial charge is 0.370 e. The number of aliphatic imine (C=N–C) groups is 1. The second-order valence-electron chi connectivity index (χ2n) is 4.96. The number of nitrogens with two attached hydrogens (primary N) is 1. The van der Waals surface area contributed by atoms with Gasteiger partial charge in [-0.3, -0.25) is 0 Å². The van der Waals surface area contributed by atoms with Gasteiger partial charge in [-0.25, -0.2) is 4.99 Å². The molecule has 5 nitrogen and oxygen atoms in total. The van der Waals surface area contributed by atoms with E-state index in [2.05, 4.69) is 28.9 Å². The Morgan fingerprint density at radius 1 is 1.26 bits per heavy atom. The molecule has 2 heterocycles. The van der Waals surface area contributed by atoms with Crippen molar-refractivity contribution in [2.24, 2.45) is 10.7 Å². The Morgan fingerprint density at radius 2 is 2.00 bits per heavy atom. The zero-order chi connectivity index (χ0) is 13.7. The molecule has 1 fully saturated rings. The van der Waals surface area contributed by atoms with Crippen LogP contribution >= 0.6 is 0 Å². The highest BCUT2D eigenvalue weighted by molar-refractivity contribution is 5.78. The first-order chi connectivity index (χ1) is 9.26. The van der Waals surface area contributed by atoms with Gasteiger partial charge in [-0.15, -0.1) is 0 Å². The average molecular weight is 264 g/mol. The van der Waals surface area contributed by atoms with Gasteiger partial charge in [0, 0.05) is 25.1 Å². The van der Waals surface area contributed by atoms with E-state index in [1.54, 1.807) is 0 Å². The summed E-state index contributed by atoms with van der Waals surface area (Å²) in [7, 11) is 0. The maximum absolute atomic E-state index is 6.07. The topological polar surface area (TPSA) is 67.6 Å². The van der Waals surface area contributed by atoms with Crippen LogP contribution in [0.2, 0.25) is 0 Å².